The number of hydrogen-bond donors (Lipinski definition) is 0. The first-order valence-corrected chi connectivity index (χ1v) is 12.5. The normalized spacial score (nSPS) is 19.7. The molecule has 1 fully saturated rings. The van der Waals surface area contributed by atoms with E-state index < -0.39 is 10.0 Å². The number of carbonyl (C=O) groups is 1. The van der Waals surface area contributed by atoms with E-state index in [1.165, 1.54) is 16.1 Å². The van der Waals surface area contributed by atoms with Crippen molar-refractivity contribution in [2.45, 2.75) is 19.4 Å². The Morgan fingerprint density at radius 1 is 1.06 bits per heavy atom. The van der Waals surface area contributed by atoms with Gasteiger partial charge in [0.25, 0.3) is 5.91 Å². The van der Waals surface area contributed by atoms with Crippen LogP contribution in [0.3, 0.4) is 0 Å². The second-order valence-corrected chi connectivity index (χ2v) is 10.2. The molecule has 2 aromatic rings. The predicted octanol–water partition coefficient (Wildman–Crippen LogP) is 2.87. The summed E-state index contributed by atoms with van der Waals surface area (Å²) in [5.74, 6) is 0.0211. The van der Waals surface area contributed by atoms with Crippen molar-refractivity contribution in [2.24, 2.45) is 0 Å². The highest BCUT2D eigenvalue weighted by Gasteiger charge is 2.33. The second-order valence-electron chi connectivity index (χ2n) is 8.36. The highest BCUT2D eigenvalue weighted by molar-refractivity contribution is 7.92. The van der Waals surface area contributed by atoms with Gasteiger partial charge in [-0.25, -0.2) is 8.42 Å². The highest BCUT2D eigenvalue weighted by atomic mass is 32.2. The van der Waals surface area contributed by atoms with Crippen LogP contribution < -0.4 is 4.31 Å². The highest BCUT2D eigenvalue weighted by Crippen LogP contribution is 2.35. The van der Waals surface area contributed by atoms with Gasteiger partial charge in [0.15, 0.2) is 0 Å². The molecule has 0 radical (unpaired) electrons. The fourth-order valence-electron chi connectivity index (χ4n) is 4.46. The van der Waals surface area contributed by atoms with Gasteiger partial charge in [-0.2, -0.15) is 0 Å². The third-order valence-electron chi connectivity index (χ3n) is 5.97. The summed E-state index contributed by atoms with van der Waals surface area (Å²) in [5.41, 5.74) is 3.45. The number of piperazine rings is 1. The summed E-state index contributed by atoms with van der Waals surface area (Å²) in [4.78, 5) is 17.3. The first-order chi connectivity index (χ1) is 14.8. The third kappa shape index (κ3) is 4.83. The van der Waals surface area contributed by atoms with Crippen LogP contribution in [-0.4, -0.2) is 69.1 Å². The van der Waals surface area contributed by atoms with E-state index in [0.717, 1.165) is 25.2 Å². The molecule has 4 rings (SSSR count). The lowest BCUT2D eigenvalue weighted by molar-refractivity contribution is 0.0650. The molecule has 0 aromatic heterocycles. The van der Waals surface area contributed by atoms with Crippen LogP contribution in [-0.2, 0) is 16.4 Å². The van der Waals surface area contributed by atoms with Crippen LogP contribution in [0.15, 0.2) is 54.6 Å². The summed E-state index contributed by atoms with van der Waals surface area (Å²) in [7, 11) is -3.32. The fraction of sp³-hybridized carbons (Fsp3) is 0.375. The Morgan fingerprint density at radius 2 is 1.77 bits per heavy atom. The predicted molar refractivity (Wildman–Crippen MR) is 125 cm³/mol. The first kappa shape index (κ1) is 21.6. The number of benzene rings is 2. The van der Waals surface area contributed by atoms with E-state index in [-0.39, 0.29) is 11.9 Å². The number of hydrogen-bond acceptors (Lipinski definition) is 4. The molecule has 0 N–H and O–H groups in total. The van der Waals surface area contributed by atoms with Gasteiger partial charge in [0.2, 0.25) is 10.0 Å². The Morgan fingerprint density at radius 3 is 2.45 bits per heavy atom. The van der Waals surface area contributed by atoms with Crippen molar-refractivity contribution < 1.29 is 13.2 Å². The standard InChI is InChI=1S/C24H29N3O3S/c1-19-17-22-18-21(10-11-23(22)27(19)31(2,29)30)24(28)26-15-13-25(14-16-26)12-6-9-20-7-4-3-5-8-20/h3-11,18-19H,12-17H2,1-2H3/b9-6+/t19-/m0/s1. The lowest BCUT2D eigenvalue weighted by atomic mass is 10.1. The Kier molecular flexibility index (Phi) is 6.16. The summed E-state index contributed by atoms with van der Waals surface area (Å²) < 4.78 is 25.7. The topological polar surface area (TPSA) is 60.9 Å². The maximum atomic E-state index is 13.0. The minimum atomic E-state index is -3.32. The smallest absolute Gasteiger partial charge is 0.253 e. The molecule has 0 aliphatic carbocycles. The van der Waals surface area contributed by atoms with E-state index in [2.05, 4.69) is 29.2 Å². The molecule has 2 heterocycles. The lowest BCUT2D eigenvalue weighted by Crippen LogP contribution is -2.48. The molecular formula is C24H29N3O3S. The molecule has 2 aromatic carbocycles. The Bertz CT molecular complexity index is 1070. The number of sulfonamides is 1. The van der Waals surface area contributed by atoms with E-state index in [0.29, 0.717) is 30.8 Å². The molecule has 7 heteroatoms. The number of fused-ring (bicyclic) bond motifs is 1. The zero-order valence-electron chi connectivity index (χ0n) is 18.1. The van der Waals surface area contributed by atoms with Gasteiger partial charge in [0.1, 0.15) is 0 Å². The Labute approximate surface area is 184 Å². The van der Waals surface area contributed by atoms with Gasteiger partial charge in [0.05, 0.1) is 11.9 Å². The molecule has 31 heavy (non-hydrogen) atoms. The van der Waals surface area contributed by atoms with E-state index in [1.54, 1.807) is 12.1 Å². The average Bonchev–Trinajstić information content (AvgIpc) is 3.09. The molecule has 0 spiro atoms. The monoisotopic (exact) mass is 439 g/mol. The second kappa shape index (κ2) is 8.85. The first-order valence-electron chi connectivity index (χ1n) is 10.7. The van der Waals surface area contributed by atoms with E-state index in [1.807, 2.05) is 36.1 Å². The number of anilines is 1. The molecule has 2 aliphatic heterocycles. The number of amides is 1. The SMILES string of the molecule is C[C@H]1Cc2cc(C(=O)N3CCN(C/C=C/c4ccccc4)CC3)ccc2N1S(C)(=O)=O. The maximum Gasteiger partial charge on any atom is 0.253 e. The minimum Gasteiger partial charge on any atom is -0.336 e. The average molecular weight is 440 g/mol. The van der Waals surface area contributed by atoms with Crippen LogP contribution in [0, 0.1) is 0 Å². The third-order valence-corrected chi connectivity index (χ3v) is 7.24. The summed E-state index contributed by atoms with van der Waals surface area (Å²) in [6.45, 7) is 5.84. The molecule has 164 valence electrons. The van der Waals surface area contributed by atoms with Crippen LogP contribution >= 0.6 is 0 Å². The van der Waals surface area contributed by atoms with Gasteiger partial charge in [-0.3, -0.25) is 14.0 Å². The Hall–Kier alpha value is -2.64. The van der Waals surface area contributed by atoms with Crippen molar-refractivity contribution in [1.82, 2.24) is 9.80 Å². The van der Waals surface area contributed by atoms with Crippen LogP contribution in [0.25, 0.3) is 6.08 Å². The minimum absolute atomic E-state index is 0.0211. The van der Waals surface area contributed by atoms with Gasteiger partial charge >= 0.3 is 0 Å². The van der Waals surface area contributed by atoms with Crippen molar-refractivity contribution in [3.63, 3.8) is 0 Å². The molecule has 6 nitrogen and oxygen atoms in total. The van der Waals surface area contributed by atoms with Crippen LogP contribution in [0.5, 0.6) is 0 Å². The molecule has 1 atom stereocenters. The quantitative estimate of drug-likeness (QED) is 0.719. The van der Waals surface area contributed by atoms with Gasteiger partial charge in [0, 0.05) is 44.3 Å². The molecule has 0 unspecified atom stereocenters. The number of carbonyl (C=O) groups excluding carboxylic acids is 1. The van der Waals surface area contributed by atoms with Gasteiger partial charge < -0.3 is 4.90 Å². The van der Waals surface area contributed by atoms with Crippen molar-refractivity contribution >= 4 is 27.7 Å². The fourth-order valence-corrected chi connectivity index (χ4v) is 5.72. The molecule has 1 saturated heterocycles. The van der Waals surface area contributed by atoms with Crippen LogP contribution in [0.2, 0.25) is 0 Å². The number of nitrogens with zero attached hydrogens (tertiary/aromatic N) is 3. The van der Waals surface area contributed by atoms with E-state index >= 15 is 0 Å². The summed E-state index contributed by atoms with van der Waals surface area (Å²) >= 11 is 0. The van der Waals surface area contributed by atoms with E-state index in [9.17, 15) is 13.2 Å². The van der Waals surface area contributed by atoms with E-state index in [4.69, 9.17) is 0 Å². The van der Waals surface area contributed by atoms with Crippen molar-refractivity contribution in [3.05, 3.63) is 71.3 Å². The van der Waals surface area contributed by atoms with Crippen molar-refractivity contribution in [1.29, 1.82) is 0 Å². The largest absolute Gasteiger partial charge is 0.336 e. The van der Waals surface area contributed by atoms with Crippen LogP contribution in [0.1, 0.15) is 28.4 Å². The summed E-state index contributed by atoms with van der Waals surface area (Å²) in [6.07, 6.45) is 6.15. The lowest BCUT2D eigenvalue weighted by Gasteiger charge is -2.34. The van der Waals surface area contributed by atoms with Gasteiger partial charge in [-0.15, -0.1) is 0 Å². The number of rotatable bonds is 5. The molecule has 2 aliphatic rings. The molecule has 0 saturated carbocycles. The molecule has 0 bridgehead atoms. The summed E-state index contributed by atoms with van der Waals surface area (Å²) in [5, 5.41) is 0. The maximum absolute atomic E-state index is 13.0. The van der Waals surface area contributed by atoms with Gasteiger partial charge in [-0.1, -0.05) is 42.5 Å². The van der Waals surface area contributed by atoms with Crippen molar-refractivity contribution in [3.8, 4) is 0 Å². The Balaban J connectivity index is 1.35. The van der Waals surface area contributed by atoms with Gasteiger partial charge in [-0.05, 0) is 42.7 Å². The van der Waals surface area contributed by atoms with Crippen molar-refractivity contribution in [2.75, 3.05) is 43.3 Å². The zero-order chi connectivity index (χ0) is 22.0. The summed E-state index contributed by atoms with van der Waals surface area (Å²) in [6, 6.07) is 15.5. The zero-order valence-corrected chi connectivity index (χ0v) is 18.9. The van der Waals surface area contributed by atoms with Crippen LogP contribution in [0.4, 0.5) is 5.69 Å². The molecule has 1 amide bonds. The molecular weight excluding hydrogens is 410 g/mol.